The minimum absolute atomic E-state index is 0.0469. The predicted molar refractivity (Wildman–Crippen MR) is 105 cm³/mol. The van der Waals surface area contributed by atoms with Gasteiger partial charge in [0.25, 0.3) is 0 Å². The Balaban J connectivity index is 1.79. The number of hydrogen-bond acceptors (Lipinski definition) is 2. The number of hydrogen-bond donors (Lipinski definition) is 1. The quantitative estimate of drug-likeness (QED) is 0.681. The standard InChI is InChI=1S/C22H20ClNO2/c1-26-20-13-7-16(8-14-20)15-24-22(25)21(17-5-3-2-4-6-17)18-9-11-19(23)12-10-18/h2-14,21H,15H2,1H3,(H,24,25). The smallest absolute Gasteiger partial charge is 0.232 e. The van der Waals surface area contributed by atoms with Crippen LogP contribution in [0.25, 0.3) is 0 Å². The lowest BCUT2D eigenvalue weighted by Crippen LogP contribution is -2.29. The van der Waals surface area contributed by atoms with Crippen LogP contribution in [0.15, 0.2) is 78.9 Å². The Labute approximate surface area is 158 Å². The topological polar surface area (TPSA) is 38.3 Å². The largest absolute Gasteiger partial charge is 0.497 e. The molecule has 3 nitrogen and oxygen atoms in total. The second-order valence-corrected chi connectivity index (χ2v) is 6.40. The lowest BCUT2D eigenvalue weighted by Gasteiger charge is -2.18. The fourth-order valence-corrected chi connectivity index (χ4v) is 2.96. The number of halogens is 1. The number of benzene rings is 3. The summed E-state index contributed by atoms with van der Waals surface area (Å²) in [5.41, 5.74) is 2.87. The Kier molecular flexibility index (Phi) is 5.92. The molecule has 0 aliphatic carbocycles. The number of methoxy groups -OCH3 is 1. The molecule has 1 N–H and O–H groups in total. The summed E-state index contributed by atoms with van der Waals surface area (Å²) in [4.78, 5) is 13.0. The minimum Gasteiger partial charge on any atom is -0.497 e. The Morgan fingerprint density at radius 2 is 1.54 bits per heavy atom. The third-order valence-electron chi connectivity index (χ3n) is 4.22. The molecule has 0 saturated heterocycles. The SMILES string of the molecule is COc1ccc(CNC(=O)C(c2ccccc2)c2ccc(Cl)cc2)cc1. The van der Waals surface area contributed by atoms with Crippen LogP contribution in [-0.2, 0) is 11.3 Å². The highest BCUT2D eigenvalue weighted by Gasteiger charge is 2.22. The molecule has 0 radical (unpaired) electrons. The lowest BCUT2D eigenvalue weighted by molar-refractivity contribution is -0.121. The van der Waals surface area contributed by atoms with E-state index >= 15 is 0 Å². The number of rotatable bonds is 6. The zero-order valence-electron chi connectivity index (χ0n) is 14.5. The highest BCUT2D eigenvalue weighted by Crippen LogP contribution is 2.26. The number of ether oxygens (including phenoxy) is 1. The van der Waals surface area contributed by atoms with Crippen LogP contribution in [0, 0.1) is 0 Å². The van der Waals surface area contributed by atoms with Crippen LogP contribution in [0.2, 0.25) is 5.02 Å². The predicted octanol–water partition coefficient (Wildman–Crippen LogP) is 4.80. The maximum atomic E-state index is 13.0. The maximum Gasteiger partial charge on any atom is 0.232 e. The van der Waals surface area contributed by atoms with Gasteiger partial charge >= 0.3 is 0 Å². The fraction of sp³-hybridized carbons (Fsp3) is 0.136. The van der Waals surface area contributed by atoms with Gasteiger partial charge in [-0.25, -0.2) is 0 Å². The first kappa shape index (κ1) is 18.0. The van der Waals surface area contributed by atoms with Crippen molar-refractivity contribution in [3.05, 3.63) is 101 Å². The molecule has 3 rings (SSSR count). The summed E-state index contributed by atoms with van der Waals surface area (Å²) >= 11 is 6.00. The van der Waals surface area contributed by atoms with E-state index in [9.17, 15) is 4.79 Å². The van der Waals surface area contributed by atoms with Crippen molar-refractivity contribution in [2.45, 2.75) is 12.5 Å². The molecular weight excluding hydrogens is 346 g/mol. The summed E-state index contributed by atoms with van der Waals surface area (Å²) < 4.78 is 5.16. The van der Waals surface area contributed by atoms with Gasteiger partial charge in [-0.2, -0.15) is 0 Å². The molecule has 0 bridgehead atoms. The highest BCUT2D eigenvalue weighted by molar-refractivity contribution is 6.30. The van der Waals surface area contributed by atoms with Crippen molar-refractivity contribution in [2.24, 2.45) is 0 Å². The highest BCUT2D eigenvalue weighted by atomic mass is 35.5. The third kappa shape index (κ3) is 4.44. The van der Waals surface area contributed by atoms with Gasteiger partial charge in [-0.05, 0) is 41.0 Å². The summed E-state index contributed by atoms with van der Waals surface area (Å²) in [5.74, 6) is 0.365. The van der Waals surface area contributed by atoms with Gasteiger partial charge in [0.2, 0.25) is 5.91 Å². The van der Waals surface area contributed by atoms with Crippen LogP contribution < -0.4 is 10.1 Å². The zero-order chi connectivity index (χ0) is 18.4. The van der Waals surface area contributed by atoms with E-state index in [1.165, 1.54) is 0 Å². The fourth-order valence-electron chi connectivity index (χ4n) is 2.83. The van der Waals surface area contributed by atoms with Crippen LogP contribution in [-0.4, -0.2) is 13.0 Å². The van der Waals surface area contributed by atoms with Crippen LogP contribution in [0.1, 0.15) is 22.6 Å². The molecule has 0 aromatic heterocycles. The van der Waals surface area contributed by atoms with Gasteiger partial charge in [0, 0.05) is 11.6 Å². The van der Waals surface area contributed by atoms with Gasteiger partial charge in [-0.15, -0.1) is 0 Å². The van der Waals surface area contributed by atoms with Crippen LogP contribution in [0.3, 0.4) is 0 Å². The van der Waals surface area contributed by atoms with Gasteiger partial charge in [0.1, 0.15) is 5.75 Å². The van der Waals surface area contributed by atoms with Gasteiger partial charge < -0.3 is 10.1 Å². The number of carbonyl (C=O) groups excluding carboxylic acids is 1. The molecule has 3 aromatic rings. The molecule has 0 heterocycles. The van der Waals surface area contributed by atoms with Crippen LogP contribution in [0.4, 0.5) is 0 Å². The molecule has 0 spiro atoms. The van der Waals surface area contributed by atoms with Gasteiger partial charge in [0.05, 0.1) is 13.0 Å². The Hall–Kier alpha value is -2.78. The molecule has 132 valence electrons. The molecular formula is C22H20ClNO2. The van der Waals surface area contributed by atoms with E-state index in [1.807, 2.05) is 78.9 Å². The Bertz CT molecular complexity index is 846. The van der Waals surface area contributed by atoms with E-state index in [0.717, 1.165) is 22.4 Å². The van der Waals surface area contributed by atoms with Crippen molar-refractivity contribution in [1.29, 1.82) is 0 Å². The molecule has 0 fully saturated rings. The van der Waals surface area contributed by atoms with Crippen molar-refractivity contribution < 1.29 is 9.53 Å². The second kappa shape index (κ2) is 8.54. The number of carbonyl (C=O) groups is 1. The lowest BCUT2D eigenvalue weighted by atomic mass is 9.90. The van der Waals surface area contributed by atoms with Crippen LogP contribution in [0.5, 0.6) is 5.75 Å². The number of nitrogens with one attached hydrogen (secondary N) is 1. The summed E-state index contributed by atoms with van der Waals surface area (Å²) in [6.07, 6.45) is 0. The zero-order valence-corrected chi connectivity index (χ0v) is 15.2. The summed E-state index contributed by atoms with van der Waals surface area (Å²) in [5, 5.41) is 3.69. The van der Waals surface area contributed by atoms with Gasteiger partial charge in [0.15, 0.2) is 0 Å². The van der Waals surface area contributed by atoms with Crippen molar-refractivity contribution >= 4 is 17.5 Å². The Morgan fingerprint density at radius 3 is 2.15 bits per heavy atom. The van der Waals surface area contributed by atoms with Crippen molar-refractivity contribution in [2.75, 3.05) is 7.11 Å². The Morgan fingerprint density at radius 1 is 0.923 bits per heavy atom. The van der Waals surface area contributed by atoms with Crippen molar-refractivity contribution in [1.82, 2.24) is 5.32 Å². The first-order chi connectivity index (χ1) is 12.7. The molecule has 1 atom stereocenters. The maximum absolute atomic E-state index is 13.0. The summed E-state index contributed by atoms with van der Waals surface area (Å²) in [7, 11) is 1.63. The molecule has 26 heavy (non-hydrogen) atoms. The molecule has 1 amide bonds. The van der Waals surface area contributed by atoms with E-state index in [2.05, 4.69) is 5.32 Å². The molecule has 1 unspecified atom stereocenters. The van der Waals surface area contributed by atoms with E-state index in [0.29, 0.717) is 11.6 Å². The average Bonchev–Trinajstić information content (AvgIpc) is 2.69. The van der Waals surface area contributed by atoms with E-state index in [-0.39, 0.29) is 11.8 Å². The van der Waals surface area contributed by atoms with Crippen molar-refractivity contribution in [3.63, 3.8) is 0 Å². The normalized spacial score (nSPS) is 11.6. The van der Waals surface area contributed by atoms with E-state index in [1.54, 1.807) is 7.11 Å². The molecule has 3 aromatic carbocycles. The molecule has 4 heteroatoms. The van der Waals surface area contributed by atoms with E-state index in [4.69, 9.17) is 16.3 Å². The monoisotopic (exact) mass is 365 g/mol. The number of amides is 1. The van der Waals surface area contributed by atoms with Crippen LogP contribution >= 0.6 is 11.6 Å². The molecule has 0 saturated carbocycles. The van der Waals surface area contributed by atoms with Gasteiger partial charge in [-0.3, -0.25) is 4.79 Å². The minimum atomic E-state index is -0.383. The molecule has 0 aliphatic heterocycles. The van der Waals surface area contributed by atoms with E-state index < -0.39 is 0 Å². The van der Waals surface area contributed by atoms with Gasteiger partial charge in [-0.1, -0.05) is 66.2 Å². The first-order valence-electron chi connectivity index (χ1n) is 8.38. The average molecular weight is 366 g/mol. The third-order valence-corrected chi connectivity index (χ3v) is 4.48. The first-order valence-corrected chi connectivity index (χ1v) is 8.76. The molecule has 0 aliphatic rings. The van der Waals surface area contributed by atoms with Crippen molar-refractivity contribution in [3.8, 4) is 5.75 Å². The summed E-state index contributed by atoms with van der Waals surface area (Å²) in [6.45, 7) is 0.458. The summed E-state index contributed by atoms with van der Waals surface area (Å²) in [6, 6.07) is 24.8. The second-order valence-electron chi connectivity index (χ2n) is 5.96.